The van der Waals surface area contributed by atoms with E-state index in [4.69, 9.17) is 0 Å². The van der Waals surface area contributed by atoms with Crippen LogP contribution in [0.15, 0.2) is 23.3 Å². The van der Waals surface area contributed by atoms with Crippen LogP contribution < -0.4 is 0 Å². The van der Waals surface area contributed by atoms with Crippen molar-refractivity contribution in [3.05, 3.63) is 23.3 Å². The van der Waals surface area contributed by atoms with E-state index in [9.17, 15) is 5.11 Å². The van der Waals surface area contributed by atoms with Gasteiger partial charge < -0.3 is 5.11 Å². The van der Waals surface area contributed by atoms with Crippen LogP contribution in [-0.4, -0.2) is 11.2 Å². The van der Waals surface area contributed by atoms with Gasteiger partial charge in [0, 0.05) is 0 Å². The zero-order valence-corrected chi connectivity index (χ0v) is 40.1. The molecule has 6 fully saturated rings. The molecule has 1 nitrogen and oxygen atoms in total. The van der Waals surface area contributed by atoms with Crippen LogP contribution in [0.5, 0.6) is 0 Å². The fourth-order valence-corrected chi connectivity index (χ4v) is 17.4. The third kappa shape index (κ3) is 8.14. The third-order valence-corrected chi connectivity index (χ3v) is 22.0. The molecule has 8 aliphatic carbocycles. The molecule has 0 amide bonds. The van der Waals surface area contributed by atoms with Crippen LogP contribution in [0.2, 0.25) is 0 Å². The zero-order valence-electron chi connectivity index (χ0n) is 40.1. The van der Waals surface area contributed by atoms with Crippen molar-refractivity contribution in [1.29, 1.82) is 0 Å². The van der Waals surface area contributed by atoms with Crippen molar-refractivity contribution in [2.24, 2.45) is 105 Å². The van der Waals surface area contributed by atoms with E-state index in [-0.39, 0.29) is 6.10 Å². The lowest BCUT2D eigenvalue weighted by Crippen LogP contribution is -2.50. The predicted molar refractivity (Wildman–Crippen MR) is 246 cm³/mol. The molecule has 8 rings (SSSR count). The topological polar surface area (TPSA) is 20.2 Å². The Morgan fingerprint density at radius 3 is 1.49 bits per heavy atom. The second-order valence-electron chi connectivity index (χ2n) is 25.1. The van der Waals surface area contributed by atoms with Crippen LogP contribution in [0.3, 0.4) is 0 Å². The van der Waals surface area contributed by atoms with E-state index in [1.165, 1.54) is 122 Å². The average molecular weight is 785 g/mol. The highest BCUT2D eigenvalue weighted by molar-refractivity contribution is 5.26. The maximum absolute atomic E-state index is 10.2. The van der Waals surface area contributed by atoms with E-state index >= 15 is 0 Å². The molecular weight excluding hydrogens is 689 g/mol. The molecule has 0 heterocycles. The Morgan fingerprint density at radius 1 is 0.526 bits per heavy atom. The molecule has 326 valence electrons. The van der Waals surface area contributed by atoms with Crippen molar-refractivity contribution in [1.82, 2.24) is 0 Å². The Bertz CT molecular complexity index is 1420. The van der Waals surface area contributed by atoms with Gasteiger partial charge in [0.1, 0.15) is 0 Å². The van der Waals surface area contributed by atoms with Crippen molar-refractivity contribution >= 4 is 0 Å². The van der Waals surface area contributed by atoms with E-state index in [1.807, 2.05) is 5.57 Å². The van der Waals surface area contributed by atoms with Crippen molar-refractivity contribution in [2.45, 2.75) is 224 Å². The average Bonchev–Trinajstić information content (AvgIpc) is 3.72. The van der Waals surface area contributed by atoms with Crippen molar-refractivity contribution in [3.8, 4) is 0 Å². The Kier molecular flexibility index (Phi) is 13.5. The minimum atomic E-state index is -0.0790. The first-order valence-electron chi connectivity index (χ1n) is 26.0. The van der Waals surface area contributed by atoms with Crippen LogP contribution >= 0.6 is 0 Å². The van der Waals surface area contributed by atoms with Gasteiger partial charge in [0.15, 0.2) is 0 Å². The van der Waals surface area contributed by atoms with E-state index in [0.717, 1.165) is 95.7 Å². The number of hydrogen-bond donors (Lipinski definition) is 1. The molecule has 57 heavy (non-hydrogen) atoms. The summed E-state index contributed by atoms with van der Waals surface area (Å²) in [6, 6.07) is 0. The molecule has 0 aromatic rings. The molecule has 0 bridgehead atoms. The van der Waals surface area contributed by atoms with Gasteiger partial charge in [0.2, 0.25) is 0 Å². The molecule has 0 aromatic heterocycles. The summed E-state index contributed by atoms with van der Waals surface area (Å²) in [7, 11) is 0. The van der Waals surface area contributed by atoms with Gasteiger partial charge in [0.25, 0.3) is 0 Å². The summed E-state index contributed by atoms with van der Waals surface area (Å²) in [6.07, 6.45) is 34.7. The SMILES string of the molecule is CC(C)C(C)CCC(C)[C@H]1CC[C@H]2[C@@H]3CC=C4CCCC[C@]4(C)[C@H]3CC[C@]12C.CC(C)C(C)CCC(C)[C@H]1CC[C@H]2[C@@H]3CC=C4C[C@@H](O)CC[C@]4(C)[C@H]3CC[C@]12C. The van der Waals surface area contributed by atoms with Crippen LogP contribution in [0.25, 0.3) is 0 Å². The molecule has 17 atom stereocenters. The summed E-state index contributed by atoms with van der Waals surface area (Å²) >= 11 is 0. The second-order valence-corrected chi connectivity index (χ2v) is 25.1. The number of hydrogen-bond acceptors (Lipinski definition) is 1. The highest BCUT2D eigenvalue weighted by Crippen LogP contribution is 2.69. The van der Waals surface area contributed by atoms with Gasteiger partial charge in [-0.05, 0) is 207 Å². The lowest BCUT2D eigenvalue weighted by molar-refractivity contribution is -0.0574. The zero-order chi connectivity index (χ0) is 41.1. The molecule has 6 saturated carbocycles. The monoisotopic (exact) mass is 785 g/mol. The van der Waals surface area contributed by atoms with Gasteiger partial charge in [-0.15, -0.1) is 0 Å². The molecule has 8 aliphatic rings. The predicted octanol–water partition coefficient (Wildman–Crippen LogP) is 16.3. The lowest BCUT2D eigenvalue weighted by Gasteiger charge is -2.58. The largest absolute Gasteiger partial charge is 0.393 e. The normalized spacial score (nSPS) is 45.8. The quantitative estimate of drug-likeness (QED) is 0.219. The van der Waals surface area contributed by atoms with Crippen molar-refractivity contribution < 1.29 is 5.11 Å². The molecular formula is C56H96O. The van der Waals surface area contributed by atoms with Gasteiger partial charge in [-0.3, -0.25) is 0 Å². The summed E-state index contributed by atoms with van der Waals surface area (Å²) in [5, 5.41) is 10.2. The summed E-state index contributed by atoms with van der Waals surface area (Å²) in [5.74, 6) is 12.9. The van der Waals surface area contributed by atoms with Gasteiger partial charge >= 0.3 is 0 Å². The second kappa shape index (κ2) is 17.3. The molecule has 0 aliphatic heterocycles. The third-order valence-electron chi connectivity index (χ3n) is 22.0. The first-order valence-corrected chi connectivity index (χ1v) is 26.0. The number of aliphatic hydroxyl groups excluding tert-OH is 1. The Hall–Kier alpha value is -0.560. The Morgan fingerprint density at radius 2 is 1.00 bits per heavy atom. The lowest BCUT2D eigenvalue weighted by atomic mass is 9.47. The minimum Gasteiger partial charge on any atom is -0.393 e. The van der Waals surface area contributed by atoms with Crippen molar-refractivity contribution in [2.75, 3.05) is 0 Å². The number of fused-ring (bicyclic) bond motifs is 10. The molecule has 0 aromatic carbocycles. The van der Waals surface area contributed by atoms with E-state index in [1.54, 1.807) is 5.57 Å². The van der Waals surface area contributed by atoms with Gasteiger partial charge in [0.05, 0.1) is 6.10 Å². The molecule has 0 radical (unpaired) electrons. The maximum Gasteiger partial charge on any atom is 0.0577 e. The van der Waals surface area contributed by atoms with Crippen LogP contribution in [0.1, 0.15) is 218 Å². The maximum atomic E-state index is 10.2. The summed E-state index contributed by atoms with van der Waals surface area (Å²) in [5.41, 5.74) is 5.66. The molecule has 4 unspecified atom stereocenters. The Balaban J connectivity index is 0.000000174. The first-order chi connectivity index (χ1) is 26.9. The van der Waals surface area contributed by atoms with Gasteiger partial charge in [-0.1, -0.05) is 138 Å². The summed E-state index contributed by atoms with van der Waals surface area (Å²) < 4.78 is 0. The minimum absolute atomic E-state index is 0.0790. The fraction of sp³-hybridized carbons (Fsp3) is 0.929. The molecule has 0 spiro atoms. The van der Waals surface area contributed by atoms with Gasteiger partial charge in [-0.2, -0.15) is 0 Å². The highest BCUT2D eigenvalue weighted by atomic mass is 16.3. The molecule has 1 N–H and O–H groups in total. The van der Waals surface area contributed by atoms with E-state index < -0.39 is 0 Å². The standard InChI is InChI=1S/C28H48O.C28H48/c1-18(2)19(3)7-8-20(4)24-11-12-25-23-10-9-21-17-22(29)13-15-27(21,5)26(23)14-16-28(24,25)6;1-19(2)20(3)10-11-21(4)24-14-15-25-23-13-12-22-9-7-8-17-27(22,5)26(23)16-18-28(24,25)6/h9,18-20,22-26,29H,7-8,10-17H2,1-6H3;12,19-21,23-26H,7-11,13-18H2,1-6H3/t19?,20?,22-,23-,24+,25-,26-,27-,28+;20?,21?,23-,24+,25-,26-,27-,28+/m00/s1. The number of aliphatic hydroxyl groups is 1. The smallest absolute Gasteiger partial charge is 0.0577 e. The Labute approximate surface area is 355 Å². The van der Waals surface area contributed by atoms with Gasteiger partial charge in [-0.25, -0.2) is 0 Å². The number of rotatable bonds is 10. The fourth-order valence-electron chi connectivity index (χ4n) is 17.4. The summed E-state index contributed by atoms with van der Waals surface area (Å²) in [4.78, 5) is 0. The van der Waals surface area contributed by atoms with Crippen molar-refractivity contribution in [3.63, 3.8) is 0 Å². The van der Waals surface area contributed by atoms with Crippen LogP contribution in [-0.2, 0) is 0 Å². The summed E-state index contributed by atoms with van der Waals surface area (Å²) in [6.45, 7) is 30.4. The first kappa shape index (κ1) is 44.5. The molecule has 1 heteroatoms. The van der Waals surface area contributed by atoms with E-state index in [0.29, 0.717) is 21.7 Å². The highest BCUT2D eigenvalue weighted by Gasteiger charge is 2.60. The molecule has 0 saturated heterocycles. The van der Waals surface area contributed by atoms with Crippen LogP contribution in [0.4, 0.5) is 0 Å². The number of allylic oxidation sites excluding steroid dienone is 3. The van der Waals surface area contributed by atoms with E-state index in [2.05, 4.69) is 95.2 Å². The van der Waals surface area contributed by atoms with Crippen LogP contribution in [0, 0.1) is 105 Å².